The van der Waals surface area contributed by atoms with E-state index in [4.69, 9.17) is 9.47 Å². The van der Waals surface area contributed by atoms with Gasteiger partial charge in [-0.25, -0.2) is 0 Å². The van der Waals surface area contributed by atoms with E-state index in [0.29, 0.717) is 48.8 Å². The van der Waals surface area contributed by atoms with Crippen molar-refractivity contribution < 1.29 is 14.3 Å². The van der Waals surface area contributed by atoms with Crippen molar-refractivity contribution in [2.24, 2.45) is 29.6 Å². The molecule has 0 aromatic carbocycles. The minimum absolute atomic E-state index is 0.414. The molecule has 0 aromatic rings. The van der Waals surface area contributed by atoms with Gasteiger partial charge in [-0.1, -0.05) is 13.8 Å². The van der Waals surface area contributed by atoms with Crippen LogP contribution < -0.4 is 0 Å². The average molecular weight is 212 g/mol. The van der Waals surface area contributed by atoms with Crippen LogP contribution >= 0.6 is 0 Å². The maximum atomic E-state index is 10.2. The van der Waals surface area contributed by atoms with Crippen molar-refractivity contribution in [2.75, 3.05) is 13.7 Å². The monoisotopic (exact) mass is 212 g/mol. The quantitative estimate of drug-likeness (QED) is 0.665. The van der Waals surface area contributed by atoms with E-state index >= 15 is 0 Å². The van der Waals surface area contributed by atoms with Crippen LogP contribution in [0.25, 0.3) is 0 Å². The van der Waals surface area contributed by atoms with Crippen LogP contribution in [0.15, 0.2) is 0 Å². The van der Waals surface area contributed by atoms with Crippen molar-refractivity contribution in [3.8, 4) is 0 Å². The number of ether oxygens (including phenoxy) is 2. The van der Waals surface area contributed by atoms with Crippen LogP contribution in [0.2, 0.25) is 0 Å². The second-order valence-electron chi connectivity index (χ2n) is 5.08. The summed E-state index contributed by atoms with van der Waals surface area (Å²) >= 11 is 0. The molecule has 6 atom stereocenters. The van der Waals surface area contributed by atoms with E-state index in [1.165, 1.54) is 6.42 Å². The van der Waals surface area contributed by atoms with E-state index in [2.05, 4.69) is 13.8 Å². The van der Waals surface area contributed by atoms with Crippen molar-refractivity contribution in [1.29, 1.82) is 0 Å². The summed E-state index contributed by atoms with van der Waals surface area (Å²) in [5.41, 5.74) is 0. The maximum absolute atomic E-state index is 10.2. The van der Waals surface area contributed by atoms with E-state index in [0.717, 1.165) is 0 Å². The molecule has 2 aliphatic rings. The van der Waals surface area contributed by atoms with E-state index in [1.54, 1.807) is 0 Å². The average Bonchev–Trinajstić information content (AvgIpc) is 2.71. The number of carbonyl (C=O) groups excluding carboxylic acids is 1. The highest BCUT2D eigenvalue weighted by Crippen LogP contribution is 2.55. The summed E-state index contributed by atoms with van der Waals surface area (Å²) in [6.07, 6.45) is 1.66. The Morgan fingerprint density at radius 3 is 2.60 bits per heavy atom. The lowest BCUT2D eigenvalue weighted by atomic mass is 9.74. The maximum Gasteiger partial charge on any atom is 0.293 e. The van der Waals surface area contributed by atoms with Gasteiger partial charge in [-0.2, -0.15) is 0 Å². The molecule has 2 fully saturated rings. The normalized spacial score (nSPS) is 48.2. The van der Waals surface area contributed by atoms with Gasteiger partial charge in [-0.15, -0.1) is 0 Å². The molecular weight excluding hydrogens is 192 g/mol. The summed E-state index contributed by atoms with van der Waals surface area (Å²) in [6, 6.07) is 0. The number of carbonyl (C=O) groups is 1. The van der Waals surface area contributed by atoms with Crippen LogP contribution in [0.3, 0.4) is 0 Å². The van der Waals surface area contributed by atoms with Gasteiger partial charge in [0, 0.05) is 7.11 Å². The number of hydrogen-bond donors (Lipinski definition) is 0. The fourth-order valence-electron chi connectivity index (χ4n) is 3.90. The van der Waals surface area contributed by atoms with Crippen LogP contribution in [0.5, 0.6) is 0 Å². The van der Waals surface area contributed by atoms with Crippen LogP contribution in [0.4, 0.5) is 0 Å². The molecule has 0 radical (unpaired) electrons. The zero-order valence-corrected chi connectivity index (χ0v) is 9.68. The third kappa shape index (κ3) is 1.57. The molecule has 0 N–H and O–H groups in total. The summed E-state index contributed by atoms with van der Waals surface area (Å²) < 4.78 is 10.5. The highest BCUT2D eigenvalue weighted by atomic mass is 16.5. The lowest BCUT2D eigenvalue weighted by Crippen LogP contribution is -2.38. The van der Waals surface area contributed by atoms with Crippen molar-refractivity contribution >= 4 is 6.47 Å². The number of fused-ring (bicyclic) bond motifs is 2. The fraction of sp³-hybridized carbons (Fsp3) is 0.917. The lowest BCUT2D eigenvalue weighted by molar-refractivity contribution is -0.132. The minimum atomic E-state index is 0.414. The number of hydrogen-bond acceptors (Lipinski definition) is 3. The Bertz CT molecular complexity index is 241. The van der Waals surface area contributed by atoms with Crippen molar-refractivity contribution in [1.82, 2.24) is 0 Å². The molecule has 0 spiro atoms. The topological polar surface area (TPSA) is 35.5 Å². The Hall–Kier alpha value is -0.570. The molecule has 0 aromatic heterocycles. The molecule has 0 amide bonds. The summed E-state index contributed by atoms with van der Waals surface area (Å²) in [4.78, 5) is 10.2. The van der Waals surface area contributed by atoms with Crippen LogP contribution in [-0.2, 0) is 14.3 Å². The number of rotatable bonds is 4. The third-order valence-electron chi connectivity index (χ3n) is 4.69. The van der Waals surface area contributed by atoms with Gasteiger partial charge in [0.1, 0.15) is 0 Å². The smallest absolute Gasteiger partial charge is 0.293 e. The molecular formula is C12H20O3. The second kappa shape index (κ2) is 4.12. The molecule has 86 valence electrons. The van der Waals surface area contributed by atoms with Crippen LogP contribution in [0, 0.1) is 29.6 Å². The van der Waals surface area contributed by atoms with Gasteiger partial charge < -0.3 is 9.47 Å². The molecule has 2 rings (SSSR count). The van der Waals surface area contributed by atoms with E-state index in [9.17, 15) is 4.79 Å². The summed E-state index contributed by atoms with van der Waals surface area (Å²) in [6.45, 7) is 5.68. The van der Waals surface area contributed by atoms with E-state index < -0.39 is 0 Å². The van der Waals surface area contributed by atoms with Crippen LogP contribution in [-0.4, -0.2) is 26.3 Å². The SMILES string of the molecule is COC1C(C)C2CC1C(C)C2COC=O. The first-order valence-corrected chi connectivity index (χ1v) is 5.78. The van der Waals surface area contributed by atoms with Gasteiger partial charge >= 0.3 is 0 Å². The van der Waals surface area contributed by atoms with Crippen molar-refractivity contribution in [3.63, 3.8) is 0 Å². The Kier molecular flexibility index (Phi) is 3.01. The van der Waals surface area contributed by atoms with Crippen molar-refractivity contribution in [3.05, 3.63) is 0 Å². The first-order valence-electron chi connectivity index (χ1n) is 5.78. The van der Waals surface area contributed by atoms with Gasteiger partial charge in [-0.3, -0.25) is 4.79 Å². The third-order valence-corrected chi connectivity index (χ3v) is 4.69. The molecule has 6 unspecified atom stereocenters. The predicted molar refractivity (Wildman–Crippen MR) is 56.2 cm³/mol. The van der Waals surface area contributed by atoms with Gasteiger partial charge in [0.05, 0.1) is 12.7 Å². The zero-order chi connectivity index (χ0) is 11.0. The van der Waals surface area contributed by atoms with E-state index in [1.807, 2.05) is 7.11 Å². The highest BCUT2D eigenvalue weighted by Gasteiger charge is 2.55. The van der Waals surface area contributed by atoms with Gasteiger partial charge in [0.25, 0.3) is 6.47 Å². The summed E-state index contributed by atoms with van der Waals surface area (Å²) in [5.74, 6) is 3.11. The molecule has 2 bridgehead atoms. The largest absolute Gasteiger partial charge is 0.468 e. The Morgan fingerprint density at radius 2 is 2.00 bits per heavy atom. The highest BCUT2D eigenvalue weighted by molar-refractivity contribution is 5.37. The predicted octanol–water partition coefficient (Wildman–Crippen LogP) is 1.71. The fourth-order valence-corrected chi connectivity index (χ4v) is 3.90. The molecule has 2 aliphatic carbocycles. The first-order chi connectivity index (χ1) is 7.20. The first kappa shape index (κ1) is 10.9. The summed E-state index contributed by atoms with van der Waals surface area (Å²) in [5, 5.41) is 0. The minimum Gasteiger partial charge on any atom is -0.468 e. The van der Waals surface area contributed by atoms with Crippen molar-refractivity contribution in [2.45, 2.75) is 26.4 Å². The van der Waals surface area contributed by atoms with Crippen LogP contribution in [0.1, 0.15) is 20.3 Å². The van der Waals surface area contributed by atoms with Gasteiger partial charge in [0.2, 0.25) is 0 Å². The van der Waals surface area contributed by atoms with Gasteiger partial charge in [0.15, 0.2) is 0 Å². The Morgan fingerprint density at radius 1 is 1.27 bits per heavy atom. The standard InChI is InChI=1S/C12H20O3/c1-7-10-4-9(8(2)12(10)14-3)11(7)5-15-6-13/h6-12H,4-5H2,1-3H3. The molecule has 3 heteroatoms. The second-order valence-corrected chi connectivity index (χ2v) is 5.08. The van der Waals surface area contributed by atoms with E-state index in [-0.39, 0.29) is 0 Å². The summed E-state index contributed by atoms with van der Waals surface area (Å²) in [7, 11) is 1.81. The zero-order valence-electron chi connectivity index (χ0n) is 9.68. The Labute approximate surface area is 91.1 Å². The molecule has 0 heterocycles. The lowest BCUT2D eigenvalue weighted by Gasteiger charge is -2.36. The van der Waals surface area contributed by atoms with Gasteiger partial charge in [-0.05, 0) is 36.0 Å². The number of methoxy groups -OCH3 is 1. The molecule has 15 heavy (non-hydrogen) atoms. The molecule has 3 nitrogen and oxygen atoms in total. The Balaban J connectivity index is 2.04. The molecule has 0 saturated heterocycles. The molecule has 2 saturated carbocycles. The molecule has 0 aliphatic heterocycles.